The van der Waals surface area contributed by atoms with E-state index in [1.807, 2.05) is 0 Å². The van der Waals surface area contributed by atoms with Crippen molar-refractivity contribution in [2.45, 2.75) is 12.8 Å². The number of ether oxygens (including phenoxy) is 1. The fourth-order valence-corrected chi connectivity index (χ4v) is 2.97. The van der Waals surface area contributed by atoms with Crippen molar-refractivity contribution in [3.05, 3.63) is 53.6 Å². The maximum absolute atomic E-state index is 12.3. The third-order valence-electron chi connectivity index (χ3n) is 4.22. The van der Waals surface area contributed by atoms with Crippen molar-refractivity contribution in [3.8, 4) is 11.5 Å². The maximum atomic E-state index is 12.3. The van der Waals surface area contributed by atoms with Gasteiger partial charge in [-0.3, -0.25) is 0 Å². The van der Waals surface area contributed by atoms with Crippen molar-refractivity contribution in [2.24, 2.45) is 5.92 Å². The highest BCUT2D eigenvalue weighted by atomic mass is 35.5. The Morgan fingerprint density at radius 3 is 2.44 bits per heavy atom. The molecule has 0 radical (unpaired) electrons. The number of benzene rings is 2. The van der Waals surface area contributed by atoms with E-state index in [0.29, 0.717) is 28.8 Å². The predicted molar refractivity (Wildman–Crippen MR) is 98.4 cm³/mol. The van der Waals surface area contributed by atoms with Crippen molar-refractivity contribution >= 4 is 23.3 Å². The van der Waals surface area contributed by atoms with E-state index >= 15 is 0 Å². The molecule has 1 aliphatic rings. The van der Waals surface area contributed by atoms with Gasteiger partial charge < -0.3 is 20.1 Å². The van der Waals surface area contributed by atoms with Crippen LogP contribution in [-0.4, -0.2) is 35.7 Å². The largest absolute Gasteiger partial charge is 0.457 e. The van der Waals surface area contributed by atoms with E-state index in [1.54, 1.807) is 53.4 Å². The fraction of sp³-hybridized carbons (Fsp3) is 0.316. The first kappa shape index (κ1) is 17.6. The van der Waals surface area contributed by atoms with Crippen molar-refractivity contribution in [1.29, 1.82) is 0 Å². The number of halogens is 1. The number of piperidine rings is 1. The number of nitrogens with zero attached hydrogens (tertiary/aromatic N) is 1. The van der Waals surface area contributed by atoms with Gasteiger partial charge in [0.05, 0.1) is 0 Å². The molecule has 0 aliphatic carbocycles. The monoisotopic (exact) mass is 360 g/mol. The molecule has 5 nitrogen and oxygen atoms in total. The number of anilines is 1. The molecule has 0 aromatic heterocycles. The number of aliphatic hydroxyl groups excluding tert-OH is 1. The lowest BCUT2D eigenvalue weighted by Crippen LogP contribution is -2.43. The van der Waals surface area contributed by atoms with Gasteiger partial charge in [-0.1, -0.05) is 11.6 Å². The molecule has 2 N–H and O–H groups in total. The Morgan fingerprint density at radius 2 is 1.80 bits per heavy atom. The van der Waals surface area contributed by atoms with Gasteiger partial charge in [0.15, 0.2) is 0 Å². The second-order valence-electron chi connectivity index (χ2n) is 6.15. The van der Waals surface area contributed by atoms with E-state index in [2.05, 4.69) is 5.32 Å². The maximum Gasteiger partial charge on any atom is 0.321 e. The van der Waals surface area contributed by atoms with Gasteiger partial charge in [0, 0.05) is 30.4 Å². The molecule has 1 saturated heterocycles. The molecule has 0 spiro atoms. The SMILES string of the molecule is O=C(Nc1ccc(Oc2ccc(Cl)cc2)cc1)N1CCC[C@H](CO)C1. The van der Waals surface area contributed by atoms with Crippen LogP contribution in [0.3, 0.4) is 0 Å². The summed E-state index contributed by atoms with van der Waals surface area (Å²) in [5.74, 6) is 1.55. The van der Waals surface area contributed by atoms with Gasteiger partial charge in [-0.05, 0) is 67.3 Å². The zero-order valence-electron chi connectivity index (χ0n) is 13.8. The highest BCUT2D eigenvalue weighted by Gasteiger charge is 2.23. The summed E-state index contributed by atoms with van der Waals surface area (Å²) in [5, 5.41) is 12.8. The Bertz CT molecular complexity index is 704. The molecule has 0 saturated carbocycles. The standard InChI is InChI=1S/C19H21ClN2O3/c20-15-3-7-17(8-4-15)25-18-9-5-16(6-10-18)21-19(24)22-11-1-2-14(12-22)13-23/h3-10,14,23H,1-2,11-13H2,(H,21,24)/t14-/m0/s1. The first-order valence-corrected chi connectivity index (χ1v) is 8.72. The van der Waals surface area contributed by atoms with Crippen LogP contribution in [0.4, 0.5) is 10.5 Å². The Balaban J connectivity index is 1.56. The van der Waals surface area contributed by atoms with Crippen LogP contribution < -0.4 is 10.1 Å². The molecule has 2 aromatic rings. The summed E-state index contributed by atoms with van der Waals surface area (Å²) in [6.45, 7) is 1.45. The number of nitrogens with one attached hydrogen (secondary N) is 1. The zero-order valence-corrected chi connectivity index (χ0v) is 14.6. The van der Waals surface area contributed by atoms with E-state index in [1.165, 1.54) is 0 Å². The zero-order chi connectivity index (χ0) is 17.6. The number of likely N-dealkylation sites (tertiary alicyclic amines) is 1. The first-order valence-electron chi connectivity index (χ1n) is 8.34. The number of aliphatic hydroxyl groups is 1. The molecule has 0 bridgehead atoms. The van der Waals surface area contributed by atoms with Gasteiger partial charge in [-0.25, -0.2) is 4.79 Å². The summed E-state index contributed by atoms with van der Waals surface area (Å²) in [5.41, 5.74) is 0.708. The fourth-order valence-electron chi connectivity index (χ4n) is 2.85. The Kier molecular flexibility index (Phi) is 5.79. The summed E-state index contributed by atoms with van der Waals surface area (Å²) >= 11 is 5.85. The summed E-state index contributed by atoms with van der Waals surface area (Å²) in [4.78, 5) is 14.1. The molecule has 2 aromatic carbocycles. The summed E-state index contributed by atoms with van der Waals surface area (Å²) < 4.78 is 5.73. The van der Waals surface area contributed by atoms with Gasteiger partial charge in [-0.15, -0.1) is 0 Å². The van der Waals surface area contributed by atoms with E-state index in [9.17, 15) is 9.90 Å². The Morgan fingerprint density at radius 1 is 1.16 bits per heavy atom. The van der Waals surface area contributed by atoms with Crippen LogP contribution in [0.2, 0.25) is 5.02 Å². The van der Waals surface area contributed by atoms with Gasteiger partial charge in [0.2, 0.25) is 0 Å². The predicted octanol–water partition coefficient (Wildman–Crippen LogP) is 4.37. The molecule has 1 fully saturated rings. The number of urea groups is 1. The quantitative estimate of drug-likeness (QED) is 0.851. The van der Waals surface area contributed by atoms with Gasteiger partial charge in [-0.2, -0.15) is 0 Å². The molecule has 2 amide bonds. The summed E-state index contributed by atoms with van der Waals surface area (Å²) in [6, 6.07) is 14.2. The Hall–Kier alpha value is -2.24. The summed E-state index contributed by atoms with van der Waals surface area (Å²) in [6.07, 6.45) is 1.89. The van der Waals surface area contributed by atoms with Crippen LogP contribution in [0, 0.1) is 5.92 Å². The molecular weight excluding hydrogens is 340 g/mol. The average molecular weight is 361 g/mol. The number of amides is 2. The van der Waals surface area contributed by atoms with Crippen LogP contribution in [0.15, 0.2) is 48.5 Å². The number of carbonyl (C=O) groups is 1. The lowest BCUT2D eigenvalue weighted by molar-refractivity contribution is 0.136. The van der Waals surface area contributed by atoms with Crippen LogP contribution in [0.25, 0.3) is 0 Å². The van der Waals surface area contributed by atoms with E-state index in [-0.39, 0.29) is 18.6 Å². The van der Waals surface area contributed by atoms with Gasteiger partial charge in [0.1, 0.15) is 11.5 Å². The van der Waals surface area contributed by atoms with Crippen molar-refractivity contribution in [3.63, 3.8) is 0 Å². The minimum atomic E-state index is -0.135. The average Bonchev–Trinajstić information content (AvgIpc) is 2.65. The van der Waals surface area contributed by atoms with E-state index in [0.717, 1.165) is 19.4 Å². The lowest BCUT2D eigenvalue weighted by Gasteiger charge is -2.31. The number of carbonyl (C=O) groups excluding carboxylic acids is 1. The van der Waals surface area contributed by atoms with E-state index in [4.69, 9.17) is 16.3 Å². The van der Waals surface area contributed by atoms with Crippen LogP contribution in [0.1, 0.15) is 12.8 Å². The Labute approximate surface area is 152 Å². The molecule has 0 unspecified atom stereocenters. The normalized spacial score (nSPS) is 17.2. The topological polar surface area (TPSA) is 61.8 Å². The highest BCUT2D eigenvalue weighted by molar-refractivity contribution is 6.30. The van der Waals surface area contributed by atoms with Crippen LogP contribution in [-0.2, 0) is 0 Å². The molecule has 132 valence electrons. The van der Waals surface area contributed by atoms with Crippen molar-refractivity contribution in [2.75, 3.05) is 25.0 Å². The smallest absolute Gasteiger partial charge is 0.321 e. The van der Waals surface area contributed by atoms with Crippen molar-refractivity contribution < 1.29 is 14.6 Å². The number of hydrogen-bond acceptors (Lipinski definition) is 3. The molecule has 1 aliphatic heterocycles. The lowest BCUT2D eigenvalue weighted by atomic mass is 9.99. The molecule has 1 atom stereocenters. The van der Waals surface area contributed by atoms with Gasteiger partial charge >= 0.3 is 6.03 Å². The number of hydrogen-bond donors (Lipinski definition) is 2. The first-order chi connectivity index (χ1) is 12.1. The summed E-state index contributed by atoms with van der Waals surface area (Å²) in [7, 11) is 0. The molecule has 25 heavy (non-hydrogen) atoms. The second-order valence-corrected chi connectivity index (χ2v) is 6.58. The third-order valence-corrected chi connectivity index (χ3v) is 4.47. The van der Waals surface area contributed by atoms with Crippen LogP contribution >= 0.6 is 11.6 Å². The minimum absolute atomic E-state index is 0.126. The van der Waals surface area contributed by atoms with Gasteiger partial charge in [0.25, 0.3) is 0 Å². The van der Waals surface area contributed by atoms with Crippen LogP contribution in [0.5, 0.6) is 11.5 Å². The van der Waals surface area contributed by atoms with Crippen molar-refractivity contribution in [1.82, 2.24) is 4.90 Å². The highest BCUT2D eigenvalue weighted by Crippen LogP contribution is 2.25. The molecule has 6 heteroatoms. The second kappa shape index (κ2) is 8.23. The molecular formula is C19H21ClN2O3. The van der Waals surface area contributed by atoms with E-state index < -0.39 is 0 Å². The third kappa shape index (κ3) is 4.87. The number of rotatable bonds is 4. The molecule has 3 rings (SSSR count). The minimum Gasteiger partial charge on any atom is -0.457 e. The molecule has 1 heterocycles.